The Balaban J connectivity index is 1.88. The average Bonchev–Trinajstić information content (AvgIpc) is 3.30. The van der Waals surface area contributed by atoms with Gasteiger partial charge in [-0.25, -0.2) is 9.07 Å². The second-order valence-electron chi connectivity index (χ2n) is 9.86. The number of fused-ring (bicyclic) bond motifs is 1. The Morgan fingerprint density at radius 3 is 2.50 bits per heavy atom. The van der Waals surface area contributed by atoms with Crippen molar-refractivity contribution in [1.82, 2.24) is 20.3 Å². The van der Waals surface area contributed by atoms with Crippen LogP contribution in [0.5, 0.6) is 5.75 Å². The molecule has 4 aromatic rings. The zero-order chi connectivity index (χ0) is 27.4. The van der Waals surface area contributed by atoms with Crippen molar-refractivity contribution in [1.29, 1.82) is 0 Å². The molecule has 0 aliphatic rings. The van der Waals surface area contributed by atoms with Crippen LogP contribution in [-0.2, 0) is 16.1 Å². The number of amides is 2. The van der Waals surface area contributed by atoms with E-state index in [1.54, 1.807) is 12.1 Å². The van der Waals surface area contributed by atoms with Crippen molar-refractivity contribution in [3.8, 4) is 5.75 Å². The van der Waals surface area contributed by atoms with Gasteiger partial charge in [0, 0.05) is 5.54 Å². The maximum absolute atomic E-state index is 14.2. The van der Waals surface area contributed by atoms with E-state index in [1.807, 2.05) is 58.0 Å². The topological polar surface area (TPSA) is 89.4 Å². The van der Waals surface area contributed by atoms with E-state index in [-0.39, 0.29) is 6.54 Å². The fourth-order valence-corrected chi connectivity index (χ4v) is 4.20. The van der Waals surface area contributed by atoms with Gasteiger partial charge >= 0.3 is 0 Å². The number of benzene rings is 3. The van der Waals surface area contributed by atoms with Crippen LogP contribution >= 0.6 is 0 Å². The summed E-state index contributed by atoms with van der Waals surface area (Å²) in [5, 5.41) is 11.4. The molecule has 38 heavy (non-hydrogen) atoms. The molecule has 3 aromatic carbocycles. The van der Waals surface area contributed by atoms with Crippen LogP contribution in [0.1, 0.15) is 44.4 Å². The molecular formula is C29H32FN5O3. The molecule has 1 heterocycles. The van der Waals surface area contributed by atoms with Crippen LogP contribution in [0.3, 0.4) is 0 Å². The summed E-state index contributed by atoms with van der Waals surface area (Å²) in [6.45, 7) is 7.50. The van der Waals surface area contributed by atoms with Gasteiger partial charge < -0.3 is 10.1 Å². The van der Waals surface area contributed by atoms with Gasteiger partial charge in [-0.1, -0.05) is 42.5 Å². The molecule has 1 N–H and O–H groups in total. The third-order valence-corrected chi connectivity index (χ3v) is 6.61. The predicted octanol–water partition coefficient (Wildman–Crippen LogP) is 4.97. The average molecular weight is 518 g/mol. The van der Waals surface area contributed by atoms with Gasteiger partial charge in [0.1, 0.15) is 29.7 Å². The van der Waals surface area contributed by atoms with E-state index in [9.17, 15) is 14.0 Å². The Hall–Kier alpha value is -4.27. The number of halogens is 1. The number of nitrogens with one attached hydrogen (secondary N) is 1. The first-order valence-electron chi connectivity index (χ1n) is 12.5. The van der Waals surface area contributed by atoms with Crippen LogP contribution in [0.2, 0.25) is 0 Å². The SMILES string of the molecule is CCC(C)(C)NC(=O)C(c1ccc(F)cc1)N(C(=O)Cn1nnc2ccccc21)c1cc(C)ccc1OC. The number of hydrogen-bond donors (Lipinski definition) is 1. The number of anilines is 1. The largest absolute Gasteiger partial charge is 0.495 e. The van der Waals surface area contributed by atoms with Crippen molar-refractivity contribution >= 4 is 28.5 Å². The minimum Gasteiger partial charge on any atom is -0.495 e. The second-order valence-corrected chi connectivity index (χ2v) is 9.86. The fraction of sp³-hybridized carbons (Fsp3) is 0.310. The minimum absolute atomic E-state index is 0.181. The number of ether oxygens (including phenoxy) is 1. The number of rotatable bonds is 9. The van der Waals surface area contributed by atoms with Gasteiger partial charge in [-0.05, 0) is 74.7 Å². The number of carbonyl (C=O) groups excluding carboxylic acids is 2. The normalized spacial score (nSPS) is 12.3. The van der Waals surface area contributed by atoms with E-state index in [4.69, 9.17) is 4.74 Å². The molecule has 1 atom stereocenters. The van der Waals surface area contributed by atoms with E-state index in [0.29, 0.717) is 34.5 Å². The molecule has 1 aromatic heterocycles. The molecule has 198 valence electrons. The number of carbonyl (C=O) groups is 2. The van der Waals surface area contributed by atoms with Crippen molar-refractivity contribution in [3.63, 3.8) is 0 Å². The Morgan fingerprint density at radius 1 is 1.11 bits per heavy atom. The number of methoxy groups -OCH3 is 1. The zero-order valence-corrected chi connectivity index (χ0v) is 22.2. The lowest BCUT2D eigenvalue weighted by molar-refractivity contribution is -0.128. The predicted molar refractivity (Wildman–Crippen MR) is 144 cm³/mol. The van der Waals surface area contributed by atoms with Crippen LogP contribution in [-0.4, -0.2) is 39.5 Å². The van der Waals surface area contributed by atoms with Gasteiger partial charge in [0.15, 0.2) is 0 Å². The van der Waals surface area contributed by atoms with Crippen LogP contribution in [0.15, 0.2) is 66.7 Å². The summed E-state index contributed by atoms with van der Waals surface area (Å²) in [5.41, 5.74) is 2.54. The van der Waals surface area contributed by atoms with Crippen molar-refractivity contribution in [2.75, 3.05) is 12.0 Å². The first kappa shape index (κ1) is 26.8. The molecule has 1 unspecified atom stereocenters. The lowest BCUT2D eigenvalue weighted by Crippen LogP contribution is -2.51. The van der Waals surface area contributed by atoms with Crippen LogP contribution in [0, 0.1) is 12.7 Å². The van der Waals surface area contributed by atoms with Crippen LogP contribution in [0.25, 0.3) is 11.0 Å². The Morgan fingerprint density at radius 2 is 1.82 bits per heavy atom. The highest BCUT2D eigenvalue weighted by molar-refractivity contribution is 6.02. The molecule has 2 amide bonds. The van der Waals surface area contributed by atoms with Crippen molar-refractivity contribution in [2.24, 2.45) is 0 Å². The van der Waals surface area contributed by atoms with E-state index >= 15 is 0 Å². The summed E-state index contributed by atoms with van der Waals surface area (Å²) in [6, 6.07) is 17.2. The monoisotopic (exact) mass is 517 g/mol. The Kier molecular flexibility index (Phi) is 7.75. The molecule has 0 fully saturated rings. The molecule has 0 aliphatic carbocycles. The van der Waals surface area contributed by atoms with Gasteiger partial charge in [-0.3, -0.25) is 14.5 Å². The summed E-state index contributed by atoms with van der Waals surface area (Å²) in [7, 11) is 1.51. The number of aromatic nitrogens is 3. The highest BCUT2D eigenvalue weighted by Crippen LogP contribution is 2.36. The molecular weight excluding hydrogens is 485 g/mol. The van der Waals surface area contributed by atoms with Crippen LogP contribution in [0.4, 0.5) is 10.1 Å². The van der Waals surface area contributed by atoms with E-state index in [2.05, 4.69) is 15.6 Å². The summed E-state index contributed by atoms with van der Waals surface area (Å²) in [5.74, 6) is -0.837. The molecule has 0 saturated carbocycles. The summed E-state index contributed by atoms with van der Waals surface area (Å²) in [6.07, 6.45) is 0.668. The van der Waals surface area contributed by atoms with Crippen molar-refractivity contribution < 1.29 is 18.7 Å². The molecule has 0 radical (unpaired) electrons. The molecule has 0 bridgehead atoms. The molecule has 8 nitrogen and oxygen atoms in total. The fourth-order valence-electron chi connectivity index (χ4n) is 4.20. The number of nitrogens with zero attached hydrogens (tertiary/aromatic N) is 4. The quantitative estimate of drug-likeness (QED) is 0.339. The minimum atomic E-state index is -1.11. The third-order valence-electron chi connectivity index (χ3n) is 6.61. The van der Waals surface area contributed by atoms with Crippen molar-refractivity contribution in [2.45, 2.75) is 52.2 Å². The third kappa shape index (κ3) is 5.66. The number of aryl methyl sites for hydroxylation is 1. The van der Waals surface area contributed by atoms with Gasteiger partial charge in [-0.15, -0.1) is 5.10 Å². The molecule has 0 saturated heterocycles. The summed E-state index contributed by atoms with van der Waals surface area (Å²) >= 11 is 0. The van der Waals surface area contributed by atoms with E-state index < -0.39 is 29.2 Å². The van der Waals surface area contributed by atoms with Crippen molar-refractivity contribution in [3.05, 3.63) is 83.7 Å². The van der Waals surface area contributed by atoms with Gasteiger partial charge in [0.25, 0.3) is 0 Å². The first-order chi connectivity index (χ1) is 18.1. The number of hydrogen-bond acceptors (Lipinski definition) is 5. The second kappa shape index (κ2) is 11.0. The highest BCUT2D eigenvalue weighted by Gasteiger charge is 2.36. The lowest BCUT2D eigenvalue weighted by atomic mass is 9.98. The Labute approximate surface area is 221 Å². The lowest BCUT2D eigenvalue weighted by Gasteiger charge is -2.35. The van der Waals surface area contributed by atoms with Gasteiger partial charge in [0.05, 0.1) is 18.3 Å². The van der Waals surface area contributed by atoms with E-state index in [1.165, 1.54) is 41.0 Å². The first-order valence-corrected chi connectivity index (χ1v) is 12.5. The summed E-state index contributed by atoms with van der Waals surface area (Å²) in [4.78, 5) is 29.5. The Bertz CT molecular complexity index is 1450. The maximum Gasteiger partial charge on any atom is 0.249 e. The zero-order valence-electron chi connectivity index (χ0n) is 22.2. The van der Waals surface area contributed by atoms with E-state index in [0.717, 1.165) is 5.56 Å². The molecule has 0 aliphatic heterocycles. The number of para-hydroxylation sites is 1. The standard InChI is InChI=1S/C29H32FN5O3/c1-6-29(3,4)31-28(37)27(20-12-14-21(30)15-13-20)35(24-17-19(2)11-16-25(24)38-5)26(36)18-34-23-10-8-7-9-22(23)32-33-34/h7-17,27H,6,18H2,1-5H3,(H,31,37). The van der Waals surface area contributed by atoms with Crippen LogP contribution < -0.4 is 15.0 Å². The van der Waals surface area contributed by atoms with Gasteiger partial charge in [0.2, 0.25) is 11.8 Å². The molecule has 9 heteroatoms. The maximum atomic E-state index is 14.2. The smallest absolute Gasteiger partial charge is 0.249 e. The van der Waals surface area contributed by atoms with Gasteiger partial charge in [-0.2, -0.15) is 0 Å². The summed E-state index contributed by atoms with van der Waals surface area (Å²) < 4.78 is 21.0. The highest BCUT2D eigenvalue weighted by atomic mass is 19.1. The molecule has 0 spiro atoms. The molecule has 4 rings (SSSR count).